The van der Waals surface area contributed by atoms with Crippen molar-refractivity contribution in [3.63, 3.8) is 0 Å². The fourth-order valence-electron chi connectivity index (χ4n) is 8.78. The summed E-state index contributed by atoms with van der Waals surface area (Å²) in [5.41, 5.74) is 1.01. The number of phenols is 1. The first-order valence-corrected chi connectivity index (χ1v) is 16.8. The standard InChI is InChI=1S/C40H33N3O8/c1-40-32(37(46)42(39(40)48)24-11-6-3-7-12-24)21-31-28(35(40)29-16-15-27(20-33(29)44)51-22-23-9-4-2-5-10-23)17-18-30-34(31)38(47)41(36(30)45)25-13-8-14-26(19-25)43(49)50/h2-17,19-20,30-32,34-35,44H,18,21-22H2,1H3. The van der Waals surface area contributed by atoms with E-state index in [-0.39, 0.29) is 36.6 Å². The summed E-state index contributed by atoms with van der Waals surface area (Å²) in [6.07, 6.45) is 2.21. The van der Waals surface area contributed by atoms with Crippen molar-refractivity contribution in [3.05, 3.63) is 136 Å². The first-order valence-electron chi connectivity index (χ1n) is 16.8. The molecule has 4 amide bonds. The van der Waals surface area contributed by atoms with Gasteiger partial charge in [0.2, 0.25) is 23.6 Å². The third-order valence-electron chi connectivity index (χ3n) is 11.1. The zero-order chi connectivity index (χ0) is 35.6. The molecule has 4 aromatic rings. The van der Waals surface area contributed by atoms with Crippen LogP contribution in [-0.4, -0.2) is 33.7 Å². The minimum atomic E-state index is -1.34. The van der Waals surface area contributed by atoms with Crippen LogP contribution in [0, 0.1) is 39.2 Å². The lowest BCUT2D eigenvalue weighted by atomic mass is 9.51. The van der Waals surface area contributed by atoms with Crippen LogP contribution in [0.15, 0.2) is 115 Å². The summed E-state index contributed by atoms with van der Waals surface area (Å²) in [6.45, 7) is 2.03. The van der Waals surface area contributed by atoms with Gasteiger partial charge in [-0.25, -0.2) is 9.80 Å². The molecule has 2 aliphatic carbocycles. The van der Waals surface area contributed by atoms with E-state index in [1.54, 1.807) is 49.4 Å². The number of para-hydroxylation sites is 1. The zero-order valence-corrected chi connectivity index (χ0v) is 27.5. The van der Waals surface area contributed by atoms with E-state index < -0.39 is 63.6 Å². The second-order valence-corrected chi connectivity index (χ2v) is 13.8. The van der Waals surface area contributed by atoms with Crippen LogP contribution in [0.4, 0.5) is 17.1 Å². The number of non-ortho nitro benzene ring substituents is 1. The lowest BCUT2D eigenvalue weighted by Gasteiger charge is -2.49. The molecule has 1 saturated carbocycles. The molecule has 51 heavy (non-hydrogen) atoms. The van der Waals surface area contributed by atoms with Gasteiger partial charge >= 0.3 is 0 Å². The van der Waals surface area contributed by atoms with E-state index in [2.05, 4.69) is 0 Å². The van der Waals surface area contributed by atoms with Gasteiger partial charge in [-0.15, -0.1) is 0 Å². The molecule has 0 spiro atoms. The van der Waals surface area contributed by atoms with Gasteiger partial charge in [0.1, 0.15) is 18.1 Å². The summed E-state index contributed by atoms with van der Waals surface area (Å²) in [5.74, 6) is -5.43. The van der Waals surface area contributed by atoms with E-state index in [4.69, 9.17) is 4.74 Å². The van der Waals surface area contributed by atoms with Crippen molar-refractivity contribution in [3.8, 4) is 11.5 Å². The molecule has 0 radical (unpaired) electrons. The molecule has 256 valence electrons. The highest BCUT2D eigenvalue weighted by Gasteiger charge is 2.68. The molecule has 6 unspecified atom stereocenters. The Labute approximate surface area is 292 Å². The van der Waals surface area contributed by atoms with E-state index in [0.29, 0.717) is 22.6 Å². The van der Waals surface area contributed by atoms with Crippen LogP contribution in [0.3, 0.4) is 0 Å². The van der Waals surface area contributed by atoms with Gasteiger partial charge in [-0.2, -0.15) is 0 Å². The summed E-state index contributed by atoms with van der Waals surface area (Å²) in [6, 6.07) is 28.6. The Morgan fingerprint density at radius 1 is 0.824 bits per heavy atom. The molecule has 11 nitrogen and oxygen atoms in total. The number of anilines is 2. The van der Waals surface area contributed by atoms with Crippen LogP contribution < -0.4 is 14.5 Å². The van der Waals surface area contributed by atoms with E-state index >= 15 is 0 Å². The molecule has 2 aliphatic heterocycles. The predicted octanol–water partition coefficient (Wildman–Crippen LogP) is 6.31. The molecular weight excluding hydrogens is 650 g/mol. The number of benzene rings is 4. The Hall–Kier alpha value is -6.10. The molecule has 4 aliphatic rings. The predicted molar refractivity (Wildman–Crippen MR) is 186 cm³/mol. The van der Waals surface area contributed by atoms with Crippen LogP contribution in [0.5, 0.6) is 11.5 Å². The van der Waals surface area contributed by atoms with E-state index in [1.807, 2.05) is 36.4 Å². The highest BCUT2D eigenvalue weighted by Crippen LogP contribution is 2.64. The summed E-state index contributed by atoms with van der Waals surface area (Å²) in [5, 5.41) is 23.2. The van der Waals surface area contributed by atoms with Crippen molar-refractivity contribution in [2.24, 2.45) is 29.1 Å². The highest BCUT2D eigenvalue weighted by atomic mass is 16.6. The number of nitrogens with zero attached hydrogens (tertiary/aromatic N) is 3. The number of carbonyl (C=O) groups is 4. The maximum atomic E-state index is 14.6. The molecule has 3 fully saturated rings. The van der Waals surface area contributed by atoms with Gasteiger partial charge in [0.25, 0.3) is 5.69 Å². The lowest BCUT2D eigenvalue weighted by Crippen LogP contribution is -2.48. The second-order valence-electron chi connectivity index (χ2n) is 13.8. The SMILES string of the molecule is CC12C(=O)N(c3ccccc3)C(=O)C1CC1C(=CCC3C(=O)N(c4cccc([N+](=O)[O-])c4)C(=O)C31)C2c1ccc(OCc2ccccc2)cc1O. The first kappa shape index (κ1) is 32.1. The topological polar surface area (TPSA) is 147 Å². The van der Waals surface area contributed by atoms with E-state index in [0.717, 1.165) is 10.5 Å². The summed E-state index contributed by atoms with van der Waals surface area (Å²) in [7, 11) is 0. The minimum Gasteiger partial charge on any atom is -0.508 e. The number of nitro groups is 1. The summed E-state index contributed by atoms with van der Waals surface area (Å²) >= 11 is 0. The molecule has 11 heteroatoms. The molecule has 8 rings (SSSR count). The third-order valence-corrected chi connectivity index (χ3v) is 11.1. The van der Waals surface area contributed by atoms with Crippen LogP contribution in [-0.2, 0) is 25.8 Å². The number of imide groups is 2. The molecular formula is C40H33N3O8. The summed E-state index contributed by atoms with van der Waals surface area (Å²) in [4.78, 5) is 70.4. The zero-order valence-electron chi connectivity index (χ0n) is 27.5. The number of nitro benzene ring substituents is 1. The molecule has 2 saturated heterocycles. The Morgan fingerprint density at radius 2 is 1.53 bits per heavy atom. The highest BCUT2D eigenvalue weighted by molar-refractivity contribution is 6.25. The minimum absolute atomic E-state index is 0.110. The van der Waals surface area contributed by atoms with Crippen molar-refractivity contribution in [2.75, 3.05) is 9.80 Å². The van der Waals surface area contributed by atoms with Gasteiger partial charge in [0.05, 0.1) is 39.5 Å². The monoisotopic (exact) mass is 683 g/mol. The normalized spacial score (nSPS) is 26.8. The van der Waals surface area contributed by atoms with E-state index in [1.165, 1.54) is 35.2 Å². The molecule has 4 aromatic carbocycles. The van der Waals surface area contributed by atoms with Crippen molar-refractivity contribution in [2.45, 2.75) is 32.3 Å². The summed E-state index contributed by atoms with van der Waals surface area (Å²) < 4.78 is 5.97. The fourth-order valence-corrected chi connectivity index (χ4v) is 8.78. The van der Waals surface area contributed by atoms with Gasteiger partial charge in [0.15, 0.2) is 0 Å². The van der Waals surface area contributed by atoms with Crippen LogP contribution in [0.2, 0.25) is 0 Å². The molecule has 6 atom stereocenters. The van der Waals surface area contributed by atoms with Crippen molar-refractivity contribution in [1.29, 1.82) is 0 Å². The van der Waals surface area contributed by atoms with Crippen LogP contribution in [0.25, 0.3) is 0 Å². The maximum absolute atomic E-state index is 14.6. The number of hydrogen-bond donors (Lipinski definition) is 1. The van der Waals surface area contributed by atoms with Crippen molar-refractivity contribution >= 4 is 40.7 Å². The van der Waals surface area contributed by atoms with E-state index in [9.17, 15) is 34.4 Å². The van der Waals surface area contributed by atoms with Crippen LogP contribution >= 0.6 is 0 Å². The number of hydrogen-bond acceptors (Lipinski definition) is 8. The quantitative estimate of drug-likeness (QED) is 0.103. The van der Waals surface area contributed by atoms with Gasteiger partial charge in [-0.05, 0) is 55.5 Å². The number of phenolic OH excluding ortho intramolecular Hbond substituents is 1. The Kier molecular flexibility index (Phi) is 7.59. The smallest absolute Gasteiger partial charge is 0.271 e. The number of ether oxygens (including phenoxy) is 1. The second kappa shape index (κ2) is 12.0. The number of rotatable bonds is 7. The molecule has 0 bridgehead atoms. The van der Waals surface area contributed by atoms with Gasteiger partial charge in [-0.1, -0.05) is 72.3 Å². The van der Waals surface area contributed by atoms with Gasteiger partial charge in [0, 0.05) is 29.7 Å². The Bertz CT molecular complexity index is 2150. The fraction of sp³-hybridized carbons (Fsp3) is 0.250. The van der Waals surface area contributed by atoms with Crippen molar-refractivity contribution in [1.82, 2.24) is 0 Å². The van der Waals surface area contributed by atoms with Crippen molar-refractivity contribution < 1.29 is 33.9 Å². The maximum Gasteiger partial charge on any atom is 0.271 e. The average Bonchev–Trinajstić information content (AvgIpc) is 3.51. The molecule has 0 aromatic heterocycles. The largest absolute Gasteiger partial charge is 0.508 e. The molecule has 2 heterocycles. The Morgan fingerprint density at radius 3 is 2.24 bits per heavy atom. The average molecular weight is 684 g/mol. The number of fused-ring (bicyclic) bond motifs is 4. The number of amides is 4. The lowest BCUT2D eigenvalue weighted by molar-refractivity contribution is -0.384. The van der Waals surface area contributed by atoms with Crippen LogP contribution in [0.1, 0.15) is 36.8 Å². The number of aromatic hydroxyl groups is 1. The number of carbonyl (C=O) groups excluding carboxylic acids is 4. The first-order chi connectivity index (χ1) is 24.6. The van der Waals surface area contributed by atoms with Gasteiger partial charge in [-0.3, -0.25) is 29.3 Å². The van der Waals surface area contributed by atoms with Gasteiger partial charge < -0.3 is 9.84 Å². The Balaban J connectivity index is 1.21. The number of allylic oxidation sites excluding steroid dienone is 2. The third kappa shape index (κ3) is 4.94. The molecule has 1 N–H and O–H groups in total.